The highest BCUT2D eigenvalue weighted by molar-refractivity contribution is 5.83. The average Bonchev–Trinajstić information content (AvgIpc) is 3.13. The molecule has 1 aliphatic rings. The summed E-state index contributed by atoms with van der Waals surface area (Å²) in [5.41, 5.74) is 0.965. The maximum atomic E-state index is 13.4. The van der Waals surface area contributed by atoms with Crippen molar-refractivity contribution in [2.45, 2.75) is 44.8 Å². The molecule has 0 unspecified atom stereocenters. The predicted octanol–water partition coefficient (Wildman–Crippen LogP) is 2.79. The van der Waals surface area contributed by atoms with Gasteiger partial charge in [0.05, 0.1) is 11.6 Å². The fourth-order valence-corrected chi connectivity index (χ4v) is 3.51. The number of rotatable bonds is 4. The zero-order valence-electron chi connectivity index (χ0n) is 14.1. The molecule has 0 spiro atoms. The van der Waals surface area contributed by atoms with Crippen LogP contribution in [-0.4, -0.2) is 45.8 Å². The lowest BCUT2D eigenvalue weighted by atomic mass is 9.97. The van der Waals surface area contributed by atoms with Crippen molar-refractivity contribution in [2.75, 3.05) is 13.1 Å². The monoisotopic (exact) mass is 333 g/mol. The number of aromatic amines is 1. The van der Waals surface area contributed by atoms with Gasteiger partial charge in [-0.05, 0) is 56.9 Å². The molecule has 2 aromatic rings. The predicted molar refractivity (Wildman–Crippen MR) is 91.4 cm³/mol. The minimum atomic E-state index is -0.901. The van der Waals surface area contributed by atoms with Gasteiger partial charge in [0.25, 0.3) is 0 Å². The van der Waals surface area contributed by atoms with Crippen LogP contribution in [0.5, 0.6) is 0 Å². The maximum Gasteiger partial charge on any atom is 0.317 e. The molecule has 3 N–H and O–H groups in total. The summed E-state index contributed by atoms with van der Waals surface area (Å²) in [6, 6.07) is 4.35. The van der Waals surface area contributed by atoms with Crippen molar-refractivity contribution in [1.29, 1.82) is 0 Å². The van der Waals surface area contributed by atoms with Crippen LogP contribution in [-0.2, 0) is 6.42 Å². The van der Waals surface area contributed by atoms with E-state index in [0.717, 1.165) is 29.3 Å². The fourth-order valence-electron chi connectivity index (χ4n) is 3.51. The Labute approximate surface area is 140 Å². The third kappa shape index (κ3) is 3.38. The number of hydrogen-bond donors (Lipinski definition) is 3. The molecule has 3 rings (SSSR count). The van der Waals surface area contributed by atoms with Gasteiger partial charge in [-0.1, -0.05) is 0 Å². The van der Waals surface area contributed by atoms with Crippen LogP contribution in [0.3, 0.4) is 0 Å². The van der Waals surface area contributed by atoms with Gasteiger partial charge in [-0.2, -0.15) is 0 Å². The lowest BCUT2D eigenvalue weighted by Gasteiger charge is -2.33. The first kappa shape index (κ1) is 16.8. The summed E-state index contributed by atoms with van der Waals surface area (Å²) in [5.74, 6) is -0.266. The normalized spacial score (nSPS) is 18.3. The molecule has 1 fully saturated rings. The van der Waals surface area contributed by atoms with Crippen LogP contribution in [0.1, 0.15) is 32.3 Å². The van der Waals surface area contributed by atoms with Crippen molar-refractivity contribution in [3.8, 4) is 0 Å². The molecular formula is C18H24FN3O2. The average molecular weight is 333 g/mol. The Kier molecular flexibility index (Phi) is 4.49. The van der Waals surface area contributed by atoms with Crippen LogP contribution in [0.2, 0.25) is 0 Å². The third-order valence-corrected chi connectivity index (χ3v) is 4.73. The molecule has 0 bridgehead atoms. The van der Waals surface area contributed by atoms with E-state index in [0.29, 0.717) is 19.5 Å². The lowest BCUT2D eigenvalue weighted by molar-refractivity contribution is 0.00986. The molecule has 1 atom stereocenters. The molecule has 130 valence electrons. The second kappa shape index (κ2) is 6.43. The highest BCUT2D eigenvalue weighted by Crippen LogP contribution is 2.26. The Bertz CT molecular complexity index is 735. The number of urea groups is 1. The Balaban J connectivity index is 1.59. The Morgan fingerprint density at radius 1 is 1.50 bits per heavy atom. The zero-order valence-corrected chi connectivity index (χ0v) is 14.1. The van der Waals surface area contributed by atoms with Crippen LogP contribution < -0.4 is 5.32 Å². The van der Waals surface area contributed by atoms with Crippen molar-refractivity contribution in [3.05, 3.63) is 35.8 Å². The highest BCUT2D eigenvalue weighted by Gasteiger charge is 2.38. The Morgan fingerprint density at radius 2 is 2.29 bits per heavy atom. The van der Waals surface area contributed by atoms with E-state index >= 15 is 0 Å². The van der Waals surface area contributed by atoms with Gasteiger partial charge >= 0.3 is 6.03 Å². The first-order valence-electron chi connectivity index (χ1n) is 8.38. The molecule has 1 aromatic heterocycles. The van der Waals surface area contributed by atoms with E-state index in [2.05, 4.69) is 10.3 Å². The van der Waals surface area contributed by atoms with Crippen LogP contribution in [0.4, 0.5) is 9.18 Å². The number of benzene rings is 1. The van der Waals surface area contributed by atoms with Crippen LogP contribution in [0.15, 0.2) is 24.4 Å². The van der Waals surface area contributed by atoms with Gasteiger partial charge in [-0.25, -0.2) is 9.18 Å². The molecule has 1 aliphatic heterocycles. The van der Waals surface area contributed by atoms with Crippen molar-refractivity contribution >= 4 is 16.9 Å². The number of fused-ring (bicyclic) bond motifs is 1. The highest BCUT2D eigenvalue weighted by atomic mass is 19.1. The van der Waals surface area contributed by atoms with Crippen molar-refractivity contribution in [3.63, 3.8) is 0 Å². The molecule has 5 nitrogen and oxygen atoms in total. The van der Waals surface area contributed by atoms with Crippen molar-refractivity contribution in [2.24, 2.45) is 0 Å². The van der Waals surface area contributed by atoms with E-state index in [1.165, 1.54) is 12.1 Å². The number of carbonyl (C=O) groups excluding carboxylic acids is 1. The summed E-state index contributed by atoms with van der Waals surface area (Å²) in [5, 5.41) is 14.0. The van der Waals surface area contributed by atoms with E-state index in [1.807, 2.05) is 6.20 Å². The van der Waals surface area contributed by atoms with Crippen molar-refractivity contribution in [1.82, 2.24) is 15.2 Å². The van der Waals surface area contributed by atoms with Gasteiger partial charge in [0.1, 0.15) is 5.82 Å². The van der Waals surface area contributed by atoms with E-state index in [9.17, 15) is 14.3 Å². The summed E-state index contributed by atoms with van der Waals surface area (Å²) in [4.78, 5) is 17.2. The van der Waals surface area contributed by atoms with E-state index in [1.54, 1.807) is 24.8 Å². The van der Waals surface area contributed by atoms with Gasteiger partial charge in [-0.3, -0.25) is 0 Å². The molecule has 1 saturated heterocycles. The number of H-pyrrole nitrogens is 1. The summed E-state index contributed by atoms with van der Waals surface area (Å²) < 4.78 is 13.4. The van der Waals surface area contributed by atoms with Gasteiger partial charge in [0, 0.05) is 30.2 Å². The number of hydrogen-bond acceptors (Lipinski definition) is 2. The van der Waals surface area contributed by atoms with Gasteiger partial charge in [-0.15, -0.1) is 0 Å². The molecule has 0 radical (unpaired) electrons. The van der Waals surface area contributed by atoms with Crippen molar-refractivity contribution < 1.29 is 14.3 Å². The summed E-state index contributed by atoms with van der Waals surface area (Å²) in [6.45, 7) is 4.61. The number of carbonyl (C=O) groups is 1. The topological polar surface area (TPSA) is 68.4 Å². The minimum absolute atomic E-state index is 0.148. The largest absolute Gasteiger partial charge is 0.388 e. The number of aliphatic hydroxyl groups is 1. The number of aromatic nitrogens is 1. The molecule has 0 saturated carbocycles. The zero-order chi connectivity index (χ0) is 17.3. The maximum absolute atomic E-state index is 13.4. The molecule has 0 aliphatic carbocycles. The molecule has 2 amide bonds. The van der Waals surface area contributed by atoms with Crippen LogP contribution in [0, 0.1) is 5.82 Å². The van der Waals surface area contributed by atoms with Crippen LogP contribution in [0.25, 0.3) is 10.9 Å². The van der Waals surface area contributed by atoms with Crippen LogP contribution >= 0.6 is 0 Å². The Hall–Kier alpha value is -2.08. The van der Waals surface area contributed by atoms with E-state index < -0.39 is 5.60 Å². The second-order valence-electron chi connectivity index (χ2n) is 6.99. The SMILES string of the molecule is CC(C)(O)[C@H]1CCCN1C(=O)NCCc1c[nH]c2ccc(F)cc12. The number of likely N-dealkylation sites (tertiary alicyclic amines) is 1. The molecule has 2 heterocycles. The quantitative estimate of drug-likeness (QED) is 0.805. The molecule has 24 heavy (non-hydrogen) atoms. The number of nitrogens with zero attached hydrogens (tertiary/aromatic N) is 1. The van der Waals surface area contributed by atoms with Gasteiger partial charge in [0.2, 0.25) is 0 Å². The van der Waals surface area contributed by atoms with E-state index in [-0.39, 0.29) is 17.9 Å². The first-order chi connectivity index (χ1) is 11.4. The van der Waals surface area contributed by atoms with Gasteiger partial charge < -0.3 is 20.3 Å². The second-order valence-corrected chi connectivity index (χ2v) is 6.99. The summed E-state index contributed by atoms with van der Waals surface area (Å²) >= 11 is 0. The summed E-state index contributed by atoms with van der Waals surface area (Å²) in [7, 11) is 0. The van der Waals surface area contributed by atoms with Gasteiger partial charge in [0.15, 0.2) is 0 Å². The minimum Gasteiger partial charge on any atom is -0.388 e. The standard InChI is InChI=1S/C18H24FN3O2/c1-18(2,24)16-4-3-9-22(16)17(23)20-8-7-12-11-21-15-6-5-13(19)10-14(12)15/h5-6,10-11,16,21,24H,3-4,7-9H2,1-2H3,(H,20,23)/t16-/m1/s1. The molecular weight excluding hydrogens is 309 g/mol. The summed E-state index contributed by atoms with van der Waals surface area (Å²) in [6.07, 6.45) is 4.20. The lowest BCUT2D eigenvalue weighted by Crippen LogP contribution is -2.51. The smallest absolute Gasteiger partial charge is 0.317 e. The number of nitrogens with one attached hydrogen (secondary N) is 2. The fraction of sp³-hybridized carbons (Fsp3) is 0.500. The number of halogens is 1. The third-order valence-electron chi connectivity index (χ3n) is 4.73. The molecule has 6 heteroatoms. The Morgan fingerprint density at radius 3 is 3.04 bits per heavy atom. The van der Waals surface area contributed by atoms with E-state index in [4.69, 9.17) is 0 Å². The number of amides is 2. The molecule has 1 aromatic carbocycles. The first-order valence-corrected chi connectivity index (χ1v) is 8.38.